The van der Waals surface area contributed by atoms with Crippen LogP contribution in [0.5, 0.6) is 0 Å². The molecule has 2 fully saturated rings. The highest BCUT2D eigenvalue weighted by atomic mass is 28.3. The van der Waals surface area contributed by atoms with Gasteiger partial charge in [0.25, 0.3) is 0 Å². The predicted molar refractivity (Wildman–Crippen MR) is 83.9 cm³/mol. The molecule has 0 aromatic heterocycles. The lowest BCUT2D eigenvalue weighted by Gasteiger charge is -2.36. The van der Waals surface area contributed by atoms with Crippen LogP contribution < -0.4 is 5.19 Å². The molecule has 108 valence electrons. The average molecular weight is 288 g/mol. The molecule has 2 heterocycles. The van der Waals surface area contributed by atoms with E-state index in [9.17, 15) is 4.79 Å². The lowest BCUT2D eigenvalue weighted by atomic mass is 9.89. The van der Waals surface area contributed by atoms with Crippen LogP contribution in [0.3, 0.4) is 0 Å². The summed E-state index contributed by atoms with van der Waals surface area (Å²) in [6.45, 7) is 8.96. The van der Waals surface area contributed by atoms with Crippen LogP contribution in [0.2, 0.25) is 18.6 Å². The van der Waals surface area contributed by atoms with Crippen LogP contribution in [0.25, 0.3) is 0 Å². The summed E-state index contributed by atoms with van der Waals surface area (Å²) in [6, 6.07) is 10.8. The molecule has 3 rings (SSSR count). The minimum Gasteiger partial charge on any atom is -0.374 e. The molecule has 0 aliphatic carbocycles. The van der Waals surface area contributed by atoms with Gasteiger partial charge in [0.1, 0.15) is 5.78 Å². The number of hydrogen-bond acceptors (Lipinski definition) is 2. The van der Waals surface area contributed by atoms with Crippen molar-refractivity contribution in [3.8, 4) is 0 Å². The van der Waals surface area contributed by atoms with Crippen molar-refractivity contribution in [2.45, 2.75) is 51.1 Å². The number of rotatable bonds is 2. The van der Waals surface area contributed by atoms with Crippen molar-refractivity contribution >= 4 is 19.0 Å². The Bertz CT molecular complexity index is 511. The summed E-state index contributed by atoms with van der Waals surface area (Å²) in [4.78, 5) is 12.3. The van der Waals surface area contributed by atoms with Crippen LogP contribution in [-0.2, 0) is 9.53 Å². The second kappa shape index (κ2) is 4.81. The Morgan fingerprint density at radius 1 is 1.10 bits per heavy atom. The van der Waals surface area contributed by atoms with E-state index in [1.54, 1.807) is 0 Å². The van der Waals surface area contributed by atoms with E-state index in [1.807, 2.05) is 6.92 Å². The van der Waals surface area contributed by atoms with Gasteiger partial charge in [-0.05, 0) is 12.0 Å². The lowest BCUT2D eigenvalue weighted by Crippen LogP contribution is -2.50. The Labute approximate surface area is 122 Å². The summed E-state index contributed by atoms with van der Waals surface area (Å²) in [5.41, 5.74) is 0.554. The third-order valence-corrected chi connectivity index (χ3v) is 9.85. The van der Waals surface area contributed by atoms with Gasteiger partial charge in [0.05, 0.1) is 20.3 Å². The van der Waals surface area contributed by atoms with Gasteiger partial charge >= 0.3 is 0 Å². The first-order valence-electron chi connectivity index (χ1n) is 7.67. The van der Waals surface area contributed by atoms with E-state index >= 15 is 0 Å². The number of ether oxygens (including phenoxy) is 1. The summed E-state index contributed by atoms with van der Waals surface area (Å²) < 4.78 is 6.23. The largest absolute Gasteiger partial charge is 0.374 e. The van der Waals surface area contributed by atoms with E-state index in [-0.39, 0.29) is 24.0 Å². The third kappa shape index (κ3) is 1.99. The van der Waals surface area contributed by atoms with Gasteiger partial charge in [-0.3, -0.25) is 4.79 Å². The van der Waals surface area contributed by atoms with E-state index < -0.39 is 8.07 Å². The molecular weight excluding hydrogens is 264 g/mol. The fraction of sp³-hybridized carbons (Fsp3) is 0.588. The maximum atomic E-state index is 12.3. The minimum absolute atomic E-state index is 0.0595. The van der Waals surface area contributed by atoms with Crippen molar-refractivity contribution in [1.29, 1.82) is 0 Å². The molecule has 3 heteroatoms. The number of carbonyl (C=O) groups is 1. The fourth-order valence-corrected chi connectivity index (χ4v) is 7.56. The van der Waals surface area contributed by atoms with Gasteiger partial charge in [-0.25, -0.2) is 0 Å². The monoisotopic (exact) mass is 288 g/mol. The van der Waals surface area contributed by atoms with Crippen molar-refractivity contribution < 1.29 is 9.53 Å². The molecule has 2 aliphatic rings. The molecule has 20 heavy (non-hydrogen) atoms. The first kappa shape index (κ1) is 14.0. The molecular formula is C17H24O2Si. The molecule has 0 unspecified atom stereocenters. The Balaban J connectivity index is 1.94. The van der Waals surface area contributed by atoms with Crippen molar-refractivity contribution in [2.24, 2.45) is 11.8 Å². The van der Waals surface area contributed by atoms with E-state index in [4.69, 9.17) is 4.74 Å². The number of hydrogen-bond donors (Lipinski definition) is 0. The van der Waals surface area contributed by atoms with Crippen molar-refractivity contribution in [2.75, 3.05) is 0 Å². The van der Waals surface area contributed by atoms with Gasteiger partial charge in [-0.1, -0.05) is 62.5 Å². The maximum absolute atomic E-state index is 12.3. The number of Topliss-reactive ketones (excluding diaryl/α,β-unsaturated/α-hetero) is 1. The molecule has 0 amide bonds. The minimum atomic E-state index is -1.61. The van der Waals surface area contributed by atoms with Gasteiger partial charge in [-0.2, -0.15) is 0 Å². The quantitative estimate of drug-likeness (QED) is 0.782. The van der Waals surface area contributed by atoms with E-state index in [0.717, 1.165) is 6.42 Å². The third-order valence-electron chi connectivity index (χ3n) is 5.61. The summed E-state index contributed by atoms with van der Waals surface area (Å²) >= 11 is 0. The Morgan fingerprint density at radius 3 is 2.40 bits per heavy atom. The summed E-state index contributed by atoms with van der Waals surface area (Å²) in [6.07, 6.45) is 1.37. The van der Waals surface area contributed by atoms with Crippen LogP contribution in [0, 0.1) is 11.8 Å². The van der Waals surface area contributed by atoms with E-state index in [2.05, 4.69) is 50.3 Å². The molecule has 2 saturated heterocycles. The predicted octanol–water partition coefficient (Wildman–Crippen LogP) is 2.98. The summed E-state index contributed by atoms with van der Waals surface area (Å²) in [5, 5.41) is 1.48. The molecule has 2 nitrogen and oxygen atoms in total. The normalized spacial score (nSPS) is 37.2. The summed E-state index contributed by atoms with van der Waals surface area (Å²) in [5.74, 6) is 0.544. The van der Waals surface area contributed by atoms with Gasteiger partial charge in [0.2, 0.25) is 0 Å². The van der Waals surface area contributed by atoms with Gasteiger partial charge in [0.15, 0.2) is 0 Å². The Kier molecular flexibility index (Phi) is 3.37. The first-order chi connectivity index (χ1) is 9.43. The zero-order chi connectivity index (χ0) is 14.5. The molecule has 0 N–H and O–H groups in total. The van der Waals surface area contributed by atoms with Gasteiger partial charge in [-0.15, -0.1) is 0 Å². The molecule has 2 bridgehead atoms. The number of ketones is 1. The number of benzene rings is 1. The highest BCUT2D eigenvalue weighted by Gasteiger charge is 2.54. The van der Waals surface area contributed by atoms with E-state index in [1.165, 1.54) is 5.19 Å². The van der Waals surface area contributed by atoms with Gasteiger partial charge < -0.3 is 4.74 Å². The maximum Gasteiger partial charge on any atom is 0.143 e. The van der Waals surface area contributed by atoms with Crippen LogP contribution in [0.4, 0.5) is 0 Å². The van der Waals surface area contributed by atoms with E-state index in [0.29, 0.717) is 11.3 Å². The average Bonchev–Trinajstić information content (AvgIpc) is 2.87. The molecule has 0 saturated carbocycles. The second-order valence-electron chi connectivity index (χ2n) is 7.05. The topological polar surface area (TPSA) is 26.3 Å². The highest BCUT2D eigenvalue weighted by Crippen LogP contribution is 2.48. The van der Waals surface area contributed by atoms with Crippen LogP contribution in [0.1, 0.15) is 20.3 Å². The zero-order valence-electron chi connectivity index (χ0n) is 12.8. The zero-order valence-corrected chi connectivity index (χ0v) is 13.8. The number of carbonyl (C=O) groups excluding carboxylic acids is 1. The molecule has 1 aromatic carbocycles. The Hall–Kier alpha value is -0.933. The summed E-state index contributed by atoms with van der Waals surface area (Å²) in [7, 11) is -1.61. The highest BCUT2D eigenvalue weighted by molar-refractivity contribution is 6.91. The van der Waals surface area contributed by atoms with Gasteiger partial charge in [0, 0.05) is 11.8 Å². The van der Waals surface area contributed by atoms with Crippen LogP contribution in [0.15, 0.2) is 30.3 Å². The standard InChI is InChI=1S/C17H24O2Si/c1-11-14-10-15(17(19-14)12(2)16(11)18)20(3,4)13-8-6-5-7-9-13/h5-9,11-12,14-15,17H,10H2,1-4H3/t11-,12-,14+,15-,17+/m0/s1. The Morgan fingerprint density at radius 2 is 1.75 bits per heavy atom. The first-order valence-corrected chi connectivity index (χ1v) is 10.8. The molecule has 0 spiro atoms. The molecule has 0 radical (unpaired) electrons. The van der Waals surface area contributed by atoms with Crippen LogP contribution >= 0.6 is 0 Å². The smallest absolute Gasteiger partial charge is 0.143 e. The fourth-order valence-electron chi connectivity index (χ4n) is 4.07. The second-order valence-corrected chi connectivity index (χ2v) is 11.8. The number of fused-ring (bicyclic) bond motifs is 2. The lowest BCUT2D eigenvalue weighted by molar-refractivity contribution is -0.144. The van der Waals surface area contributed by atoms with Crippen molar-refractivity contribution in [1.82, 2.24) is 0 Å². The molecule has 1 aromatic rings. The molecule has 5 atom stereocenters. The SMILES string of the molecule is C[C@@H]1C(=O)[C@H](C)[C@H]2O[C@@H]1C[C@@H]2[Si](C)(C)c1ccccc1. The molecule has 2 aliphatic heterocycles. The van der Waals surface area contributed by atoms with Crippen molar-refractivity contribution in [3.05, 3.63) is 30.3 Å². The van der Waals surface area contributed by atoms with Crippen LogP contribution in [-0.4, -0.2) is 26.1 Å². The van der Waals surface area contributed by atoms with Crippen molar-refractivity contribution in [3.63, 3.8) is 0 Å².